The van der Waals surface area contributed by atoms with Crippen LogP contribution in [0, 0.1) is 0 Å². The fourth-order valence-corrected chi connectivity index (χ4v) is 3.19. The van der Waals surface area contributed by atoms with Crippen molar-refractivity contribution in [1.82, 2.24) is 5.73 Å². The molecule has 1 radical (unpaired) electrons. The molecule has 3 N–H and O–H groups in total. The molecule has 0 saturated carbocycles. The standard InChI is InChI=1S/C10H8NO6S2/c11-7-3-1-2-6-8(18(12,13)14)4-5-9(10(6)7)19(15,16)17/h1-5,11H,(H,12,13,14)(H,15,16,17). The second kappa shape index (κ2) is 4.17. The van der Waals surface area contributed by atoms with Gasteiger partial charge in [0.15, 0.2) is 0 Å². The van der Waals surface area contributed by atoms with Crippen LogP contribution in [0.15, 0.2) is 40.1 Å². The minimum Gasteiger partial charge on any atom is -0.300 e. The zero-order valence-corrected chi connectivity index (χ0v) is 10.9. The third-order valence-electron chi connectivity index (χ3n) is 2.52. The quantitative estimate of drug-likeness (QED) is 0.802. The first kappa shape index (κ1) is 13.7. The summed E-state index contributed by atoms with van der Waals surface area (Å²) in [7, 11) is -9.18. The van der Waals surface area contributed by atoms with E-state index < -0.39 is 30.0 Å². The van der Waals surface area contributed by atoms with Crippen LogP contribution in [0.1, 0.15) is 0 Å². The average Bonchev–Trinajstić information content (AvgIpc) is 2.25. The van der Waals surface area contributed by atoms with Crippen LogP contribution in [0.2, 0.25) is 0 Å². The van der Waals surface area contributed by atoms with E-state index in [2.05, 4.69) is 0 Å². The van der Waals surface area contributed by atoms with Crippen molar-refractivity contribution in [2.75, 3.05) is 0 Å². The maximum atomic E-state index is 11.2. The van der Waals surface area contributed by atoms with E-state index in [0.717, 1.165) is 12.1 Å². The molecular weight excluding hydrogens is 294 g/mol. The number of hydrogen-bond acceptors (Lipinski definition) is 4. The molecule has 7 nitrogen and oxygen atoms in total. The molecule has 2 aromatic carbocycles. The Labute approximate surface area is 109 Å². The second-order valence-electron chi connectivity index (χ2n) is 3.74. The summed E-state index contributed by atoms with van der Waals surface area (Å²) in [5.74, 6) is 0. The lowest BCUT2D eigenvalue weighted by atomic mass is 10.1. The smallest absolute Gasteiger partial charge is 0.295 e. The predicted octanol–water partition coefficient (Wildman–Crippen LogP) is 1.25. The largest absolute Gasteiger partial charge is 0.300 e. The van der Waals surface area contributed by atoms with Gasteiger partial charge in [0, 0.05) is 10.8 Å². The van der Waals surface area contributed by atoms with Gasteiger partial charge in [-0.05, 0) is 18.2 Å². The third kappa shape index (κ3) is 2.40. The molecular formula is C10H8NO6S2. The van der Waals surface area contributed by atoms with Crippen molar-refractivity contribution in [1.29, 1.82) is 0 Å². The summed E-state index contributed by atoms with van der Waals surface area (Å²) in [5, 5.41) is -0.412. The summed E-state index contributed by atoms with van der Waals surface area (Å²) in [6, 6.07) is 5.52. The monoisotopic (exact) mass is 302 g/mol. The normalized spacial score (nSPS) is 12.7. The van der Waals surface area contributed by atoms with E-state index in [4.69, 9.17) is 14.8 Å². The summed E-state index contributed by atoms with van der Waals surface area (Å²) in [5.41, 5.74) is 7.35. The summed E-state index contributed by atoms with van der Waals surface area (Å²) < 4.78 is 63.0. The maximum Gasteiger partial charge on any atom is 0.295 e. The Hall–Kier alpha value is -1.68. The Morgan fingerprint density at radius 3 is 1.89 bits per heavy atom. The first-order valence-corrected chi connectivity index (χ1v) is 7.72. The molecule has 0 aromatic heterocycles. The van der Waals surface area contributed by atoms with Crippen molar-refractivity contribution >= 4 is 36.7 Å². The number of rotatable bonds is 2. The predicted molar refractivity (Wildman–Crippen MR) is 66.3 cm³/mol. The second-order valence-corrected chi connectivity index (χ2v) is 6.52. The lowest BCUT2D eigenvalue weighted by molar-refractivity contribution is 0.480. The summed E-state index contributed by atoms with van der Waals surface area (Å²) in [4.78, 5) is -1.11. The van der Waals surface area contributed by atoms with Crippen molar-refractivity contribution in [3.8, 4) is 0 Å². The van der Waals surface area contributed by atoms with Crippen LogP contribution < -0.4 is 5.73 Å². The van der Waals surface area contributed by atoms with Crippen molar-refractivity contribution in [2.24, 2.45) is 0 Å². The molecule has 0 aliphatic heterocycles. The Morgan fingerprint density at radius 2 is 1.37 bits per heavy atom. The van der Waals surface area contributed by atoms with Crippen molar-refractivity contribution < 1.29 is 25.9 Å². The molecule has 2 rings (SSSR count). The van der Waals surface area contributed by atoms with Gasteiger partial charge in [0.1, 0.15) is 9.79 Å². The van der Waals surface area contributed by atoms with E-state index in [1.807, 2.05) is 0 Å². The van der Waals surface area contributed by atoms with E-state index in [-0.39, 0.29) is 16.5 Å². The van der Waals surface area contributed by atoms with Crippen LogP contribution in [0.3, 0.4) is 0 Å². The van der Waals surface area contributed by atoms with Gasteiger partial charge in [-0.3, -0.25) is 9.11 Å². The lowest BCUT2D eigenvalue weighted by Gasteiger charge is -2.09. The van der Waals surface area contributed by atoms with Gasteiger partial charge in [0.25, 0.3) is 20.2 Å². The van der Waals surface area contributed by atoms with Gasteiger partial charge in [-0.25, -0.2) is 0 Å². The zero-order chi connectivity index (χ0) is 14.4. The fraction of sp³-hybridized carbons (Fsp3) is 0. The highest BCUT2D eigenvalue weighted by molar-refractivity contribution is 7.86. The molecule has 19 heavy (non-hydrogen) atoms. The van der Waals surface area contributed by atoms with Gasteiger partial charge in [-0.15, -0.1) is 0 Å². The van der Waals surface area contributed by atoms with Gasteiger partial charge < -0.3 is 5.73 Å². The Morgan fingerprint density at radius 1 is 0.842 bits per heavy atom. The van der Waals surface area contributed by atoms with Crippen molar-refractivity contribution in [2.45, 2.75) is 9.79 Å². The number of fused-ring (bicyclic) bond motifs is 1. The maximum absolute atomic E-state index is 11.2. The van der Waals surface area contributed by atoms with Crippen LogP contribution in [0.25, 0.3) is 10.8 Å². The van der Waals surface area contributed by atoms with E-state index in [1.54, 1.807) is 0 Å². The van der Waals surface area contributed by atoms with E-state index >= 15 is 0 Å². The van der Waals surface area contributed by atoms with Crippen LogP contribution in [0.4, 0.5) is 5.69 Å². The third-order valence-corrected chi connectivity index (χ3v) is 4.33. The van der Waals surface area contributed by atoms with Crippen LogP contribution >= 0.6 is 0 Å². The summed E-state index contributed by atoms with van der Waals surface area (Å²) >= 11 is 0. The molecule has 2 aromatic rings. The Balaban J connectivity index is 3.10. The summed E-state index contributed by atoms with van der Waals surface area (Å²) in [6.07, 6.45) is 0. The van der Waals surface area contributed by atoms with Gasteiger partial charge in [0.05, 0.1) is 5.69 Å². The molecule has 0 saturated heterocycles. The number of hydrogen-bond donors (Lipinski definition) is 2. The molecule has 0 amide bonds. The molecule has 0 unspecified atom stereocenters. The lowest BCUT2D eigenvalue weighted by Crippen LogP contribution is -2.04. The number of nitrogens with one attached hydrogen (secondary N) is 1. The molecule has 0 fully saturated rings. The Kier molecular flexibility index (Phi) is 3.01. The van der Waals surface area contributed by atoms with E-state index in [1.165, 1.54) is 18.2 Å². The minimum atomic E-state index is -4.61. The molecule has 0 heterocycles. The molecule has 9 heteroatoms. The molecule has 0 aliphatic carbocycles. The van der Waals surface area contributed by atoms with E-state index in [0.29, 0.717) is 0 Å². The molecule has 0 spiro atoms. The van der Waals surface area contributed by atoms with Crippen LogP contribution in [0.5, 0.6) is 0 Å². The van der Waals surface area contributed by atoms with Gasteiger partial charge >= 0.3 is 0 Å². The average molecular weight is 302 g/mol. The molecule has 0 atom stereocenters. The van der Waals surface area contributed by atoms with Crippen LogP contribution in [-0.2, 0) is 20.2 Å². The topological polar surface area (TPSA) is 133 Å². The SMILES string of the molecule is [NH]c1cccc2c(S(=O)(=O)O)ccc(S(=O)(=O)O)c12. The highest BCUT2D eigenvalue weighted by Crippen LogP contribution is 2.33. The molecule has 0 bridgehead atoms. The minimum absolute atomic E-state index is 0.148. The van der Waals surface area contributed by atoms with Gasteiger partial charge in [0.2, 0.25) is 0 Å². The Bertz CT molecular complexity index is 870. The molecule has 0 aliphatic rings. The zero-order valence-electron chi connectivity index (χ0n) is 9.23. The molecule has 101 valence electrons. The van der Waals surface area contributed by atoms with Crippen molar-refractivity contribution in [3.05, 3.63) is 30.3 Å². The van der Waals surface area contributed by atoms with Crippen LogP contribution in [-0.4, -0.2) is 25.9 Å². The van der Waals surface area contributed by atoms with Gasteiger partial charge in [-0.1, -0.05) is 12.1 Å². The van der Waals surface area contributed by atoms with E-state index in [9.17, 15) is 16.8 Å². The first-order chi connectivity index (χ1) is 8.62. The highest BCUT2D eigenvalue weighted by Gasteiger charge is 2.22. The first-order valence-electron chi connectivity index (χ1n) is 4.84. The summed E-state index contributed by atoms with van der Waals surface area (Å²) in [6.45, 7) is 0. The van der Waals surface area contributed by atoms with Crippen molar-refractivity contribution in [3.63, 3.8) is 0 Å². The highest BCUT2D eigenvalue weighted by atomic mass is 32.2. The number of benzene rings is 2. The fourth-order valence-electron chi connectivity index (χ4n) is 1.79. The van der Waals surface area contributed by atoms with Gasteiger partial charge in [-0.2, -0.15) is 16.8 Å².